The fraction of sp³-hybridized carbons (Fsp3) is 0.316. The van der Waals surface area contributed by atoms with Crippen LogP contribution in [0.2, 0.25) is 5.02 Å². The van der Waals surface area contributed by atoms with Gasteiger partial charge in [0.05, 0.1) is 20.8 Å². The van der Waals surface area contributed by atoms with Gasteiger partial charge in [-0.15, -0.1) is 0 Å². The van der Waals surface area contributed by atoms with Gasteiger partial charge in [0, 0.05) is 28.4 Å². The monoisotopic (exact) mass is 392 g/mol. The second kappa shape index (κ2) is 7.70. The first-order chi connectivity index (χ1) is 12.4. The van der Waals surface area contributed by atoms with Crippen molar-refractivity contribution in [3.63, 3.8) is 0 Å². The molecule has 138 valence electrons. The average molecular weight is 393 g/mol. The van der Waals surface area contributed by atoms with Crippen molar-refractivity contribution in [3.05, 3.63) is 52.0 Å². The number of ether oxygens (including phenoxy) is 2. The lowest BCUT2D eigenvalue weighted by Crippen LogP contribution is -2.41. The highest BCUT2D eigenvalue weighted by Crippen LogP contribution is 2.39. The van der Waals surface area contributed by atoms with Gasteiger partial charge in [-0.05, 0) is 49.0 Å². The van der Waals surface area contributed by atoms with Crippen molar-refractivity contribution in [1.82, 2.24) is 4.90 Å². The van der Waals surface area contributed by atoms with E-state index in [0.29, 0.717) is 34.7 Å². The number of β-amino-alcohol motifs (C(OH)–C–C–N with tert-alkyl or cyclic N) is 1. The van der Waals surface area contributed by atoms with Crippen LogP contribution in [0.15, 0.2) is 30.3 Å². The molecule has 7 heteroatoms. The summed E-state index contributed by atoms with van der Waals surface area (Å²) in [6.07, 6.45) is -0.731. The van der Waals surface area contributed by atoms with Gasteiger partial charge in [-0.3, -0.25) is 0 Å². The van der Waals surface area contributed by atoms with Gasteiger partial charge in [-0.1, -0.05) is 17.7 Å². The smallest absolute Gasteiger partial charge is 0.173 e. The molecular weight excluding hydrogens is 372 g/mol. The molecule has 0 bridgehead atoms. The number of aliphatic hydroxyl groups excluding tert-OH is 1. The number of nitrogens with one attached hydrogen (secondary N) is 1. The third kappa shape index (κ3) is 3.58. The van der Waals surface area contributed by atoms with Crippen molar-refractivity contribution < 1.29 is 14.6 Å². The second-order valence-electron chi connectivity index (χ2n) is 6.15. The van der Waals surface area contributed by atoms with Crippen molar-refractivity contribution in [1.29, 1.82) is 0 Å². The van der Waals surface area contributed by atoms with E-state index in [9.17, 15) is 5.11 Å². The zero-order valence-corrected chi connectivity index (χ0v) is 16.4. The highest BCUT2D eigenvalue weighted by molar-refractivity contribution is 7.80. The first-order valence-corrected chi connectivity index (χ1v) is 8.97. The standard InChI is InChI=1S/C19H21ClN2O3S/c1-11-4-5-12(8-14(11)20)21-19(26)22-9-13-16(24-2)6-7-17(25-3)18(13)15(23)10-22/h4-8,15,23H,9-10H2,1-3H3,(H,21,26)/t15-/m1/s1. The van der Waals surface area contributed by atoms with Gasteiger partial charge in [-0.25, -0.2) is 0 Å². The number of fused-ring (bicyclic) bond motifs is 1. The van der Waals surface area contributed by atoms with E-state index >= 15 is 0 Å². The Morgan fingerprint density at radius 2 is 1.92 bits per heavy atom. The summed E-state index contributed by atoms with van der Waals surface area (Å²) >= 11 is 11.7. The number of methoxy groups -OCH3 is 2. The van der Waals surface area contributed by atoms with Gasteiger partial charge in [0.25, 0.3) is 0 Å². The van der Waals surface area contributed by atoms with E-state index in [-0.39, 0.29) is 0 Å². The Morgan fingerprint density at radius 1 is 1.23 bits per heavy atom. The predicted molar refractivity (Wildman–Crippen MR) is 107 cm³/mol. The second-order valence-corrected chi connectivity index (χ2v) is 6.95. The first kappa shape index (κ1) is 18.8. The van der Waals surface area contributed by atoms with Gasteiger partial charge in [0.15, 0.2) is 5.11 Å². The van der Waals surface area contributed by atoms with Gasteiger partial charge in [0.2, 0.25) is 0 Å². The van der Waals surface area contributed by atoms with Crippen LogP contribution in [0.25, 0.3) is 0 Å². The van der Waals surface area contributed by atoms with E-state index in [1.165, 1.54) is 0 Å². The molecule has 0 unspecified atom stereocenters. The lowest BCUT2D eigenvalue weighted by Gasteiger charge is -2.35. The summed E-state index contributed by atoms with van der Waals surface area (Å²) in [7, 11) is 3.20. The van der Waals surface area contributed by atoms with Crippen LogP contribution in [-0.4, -0.2) is 35.9 Å². The molecule has 2 aromatic rings. The van der Waals surface area contributed by atoms with Crippen LogP contribution in [0.4, 0.5) is 5.69 Å². The van der Waals surface area contributed by atoms with Crippen LogP contribution in [0, 0.1) is 6.92 Å². The Morgan fingerprint density at radius 3 is 2.58 bits per heavy atom. The highest BCUT2D eigenvalue weighted by Gasteiger charge is 2.30. The molecule has 1 atom stereocenters. The van der Waals surface area contributed by atoms with E-state index in [2.05, 4.69) is 5.32 Å². The number of hydrogen-bond acceptors (Lipinski definition) is 4. The van der Waals surface area contributed by atoms with Crippen LogP contribution in [0.3, 0.4) is 0 Å². The number of halogens is 1. The van der Waals surface area contributed by atoms with Crippen molar-refractivity contribution in [3.8, 4) is 11.5 Å². The van der Waals surface area contributed by atoms with Crippen molar-refractivity contribution >= 4 is 34.6 Å². The molecule has 2 N–H and O–H groups in total. The van der Waals surface area contributed by atoms with Gasteiger partial charge >= 0.3 is 0 Å². The summed E-state index contributed by atoms with van der Waals surface area (Å²) in [6, 6.07) is 9.33. The Hall–Kier alpha value is -2.02. The summed E-state index contributed by atoms with van der Waals surface area (Å²) in [5.41, 5.74) is 3.44. The molecular formula is C19H21ClN2O3S. The molecule has 26 heavy (non-hydrogen) atoms. The number of anilines is 1. The molecule has 0 radical (unpaired) electrons. The minimum absolute atomic E-state index is 0.363. The van der Waals surface area contributed by atoms with Crippen LogP contribution in [0.1, 0.15) is 22.8 Å². The average Bonchev–Trinajstić information content (AvgIpc) is 2.63. The number of rotatable bonds is 3. The van der Waals surface area contributed by atoms with Crippen molar-refractivity contribution in [2.24, 2.45) is 0 Å². The zero-order chi connectivity index (χ0) is 18.8. The first-order valence-electron chi connectivity index (χ1n) is 8.18. The van der Waals surface area contributed by atoms with E-state index in [1.54, 1.807) is 20.3 Å². The number of benzene rings is 2. The highest BCUT2D eigenvalue weighted by atomic mass is 35.5. The lowest BCUT2D eigenvalue weighted by molar-refractivity contribution is 0.123. The lowest BCUT2D eigenvalue weighted by atomic mass is 9.95. The molecule has 0 spiro atoms. The quantitative estimate of drug-likeness (QED) is 0.772. The summed E-state index contributed by atoms with van der Waals surface area (Å²) in [4.78, 5) is 1.90. The minimum Gasteiger partial charge on any atom is -0.496 e. The number of aryl methyl sites for hydroxylation is 1. The van der Waals surface area contributed by atoms with Crippen molar-refractivity contribution in [2.75, 3.05) is 26.1 Å². The largest absolute Gasteiger partial charge is 0.496 e. The normalized spacial score (nSPS) is 16.0. The zero-order valence-electron chi connectivity index (χ0n) is 14.9. The van der Waals surface area contributed by atoms with Gasteiger partial charge in [0.1, 0.15) is 17.6 Å². The Bertz CT molecular complexity index is 844. The third-order valence-electron chi connectivity index (χ3n) is 4.50. The minimum atomic E-state index is -0.731. The molecule has 0 aliphatic carbocycles. The topological polar surface area (TPSA) is 54.0 Å². The fourth-order valence-electron chi connectivity index (χ4n) is 3.10. The maximum atomic E-state index is 10.7. The summed E-state index contributed by atoms with van der Waals surface area (Å²) in [5.74, 6) is 1.35. The third-order valence-corrected chi connectivity index (χ3v) is 5.27. The van der Waals surface area contributed by atoms with Crippen LogP contribution >= 0.6 is 23.8 Å². The Balaban J connectivity index is 1.85. The van der Waals surface area contributed by atoms with Crippen LogP contribution in [-0.2, 0) is 6.54 Å². The predicted octanol–water partition coefficient (Wildman–Crippen LogP) is 3.91. The number of hydrogen-bond donors (Lipinski definition) is 2. The Kier molecular flexibility index (Phi) is 5.55. The number of nitrogens with zero attached hydrogens (tertiary/aromatic N) is 1. The summed E-state index contributed by atoms with van der Waals surface area (Å²) in [5, 5.41) is 15.0. The SMILES string of the molecule is COc1ccc(OC)c2c1CN(C(=S)Nc1ccc(C)c(Cl)c1)C[C@H]2O. The van der Waals surface area contributed by atoms with E-state index in [4.69, 9.17) is 33.3 Å². The Labute approximate surface area is 163 Å². The molecule has 0 fully saturated rings. The molecule has 0 amide bonds. The maximum absolute atomic E-state index is 10.7. The molecule has 5 nitrogen and oxygen atoms in total. The molecule has 0 aromatic heterocycles. The molecule has 0 saturated carbocycles. The summed E-state index contributed by atoms with van der Waals surface area (Å²) < 4.78 is 10.9. The molecule has 0 saturated heterocycles. The van der Waals surface area contributed by atoms with Crippen LogP contribution < -0.4 is 14.8 Å². The number of thiocarbonyl (C=S) groups is 1. The molecule has 1 aliphatic heterocycles. The van der Waals surface area contributed by atoms with Crippen LogP contribution in [0.5, 0.6) is 11.5 Å². The van der Waals surface area contributed by atoms with Gasteiger partial charge in [-0.2, -0.15) is 0 Å². The van der Waals surface area contributed by atoms with Gasteiger partial charge < -0.3 is 24.8 Å². The number of aliphatic hydroxyl groups is 1. The molecule has 2 aromatic carbocycles. The van der Waals surface area contributed by atoms with E-state index in [1.807, 2.05) is 36.1 Å². The maximum Gasteiger partial charge on any atom is 0.173 e. The van der Waals surface area contributed by atoms with E-state index in [0.717, 1.165) is 22.4 Å². The van der Waals surface area contributed by atoms with E-state index < -0.39 is 6.10 Å². The molecule has 1 heterocycles. The van der Waals surface area contributed by atoms with Crippen molar-refractivity contribution in [2.45, 2.75) is 19.6 Å². The molecule has 3 rings (SSSR count). The summed E-state index contributed by atoms with van der Waals surface area (Å²) in [6.45, 7) is 2.82. The molecule has 1 aliphatic rings. The fourth-order valence-corrected chi connectivity index (χ4v) is 3.54.